The monoisotopic (exact) mass is 341 g/mol. The van der Waals surface area contributed by atoms with Gasteiger partial charge in [0.05, 0.1) is 10.6 Å². The number of hydrogen-bond acceptors (Lipinski definition) is 3. The summed E-state index contributed by atoms with van der Waals surface area (Å²) in [6.45, 7) is 1.25. The Bertz CT molecular complexity index is 889. The number of anilines is 1. The number of hydrogen-bond donors (Lipinski definition) is 0. The van der Waals surface area contributed by atoms with E-state index in [4.69, 9.17) is 11.6 Å². The molecule has 0 N–H and O–H groups in total. The smallest absolute Gasteiger partial charge is 0.276 e. The Morgan fingerprint density at radius 1 is 1.25 bits per heavy atom. The number of carbonyl (C=O) groups is 2. The van der Waals surface area contributed by atoms with E-state index in [0.717, 1.165) is 12.2 Å². The molecule has 122 valence electrons. The van der Waals surface area contributed by atoms with Crippen molar-refractivity contribution in [3.05, 3.63) is 45.9 Å². The van der Waals surface area contributed by atoms with E-state index < -0.39 is 0 Å². The number of carbonyl (C=O) groups excluding carboxylic acids is 2. The third-order valence-corrected chi connectivity index (χ3v) is 6.06. The quantitative estimate of drug-likeness (QED) is 0.787. The fourth-order valence-electron chi connectivity index (χ4n) is 4.70. The number of aldehydes is 1. The van der Waals surface area contributed by atoms with E-state index in [-0.39, 0.29) is 11.5 Å². The van der Waals surface area contributed by atoms with Crippen LogP contribution in [0.5, 0.6) is 0 Å². The van der Waals surface area contributed by atoms with Crippen molar-refractivity contribution in [1.29, 1.82) is 0 Å². The molecule has 1 fully saturated rings. The SMILES string of the molecule is O=Cc1c(Cl)ccnc1N1CCn2c(cc3c2[C@@H]2CC[C@H]3C2)C1=O. The summed E-state index contributed by atoms with van der Waals surface area (Å²) in [5.74, 6) is 1.51. The van der Waals surface area contributed by atoms with E-state index in [1.807, 2.05) is 0 Å². The number of halogens is 1. The molecule has 0 radical (unpaired) electrons. The van der Waals surface area contributed by atoms with Crippen molar-refractivity contribution in [1.82, 2.24) is 9.55 Å². The van der Waals surface area contributed by atoms with Crippen LogP contribution in [-0.2, 0) is 6.54 Å². The molecule has 5 nitrogen and oxygen atoms in total. The summed E-state index contributed by atoms with van der Waals surface area (Å²) < 4.78 is 2.20. The van der Waals surface area contributed by atoms with Crippen LogP contribution >= 0.6 is 11.6 Å². The van der Waals surface area contributed by atoms with Crippen LogP contribution in [-0.4, -0.2) is 28.3 Å². The van der Waals surface area contributed by atoms with Gasteiger partial charge in [-0.3, -0.25) is 14.5 Å². The molecule has 2 atom stereocenters. The zero-order chi connectivity index (χ0) is 16.4. The minimum absolute atomic E-state index is 0.0899. The molecule has 6 heteroatoms. The molecule has 24 heavy (non-hydrogen) atoms. The molecular formula is C18H16ClN3O2. The zero-order valence-corrected chi connectivity index (χ0v) is 13.8. The van der Waals surface area contributed by atoms with Crippen molar-refractivity contribution in [3.8, 4) is 0 Å². The summed E-state index contributed by atoms with van der Waals surface area (Å²) in [6.07, 6.45) is 5.93. The first-order valence-corrected chi connectivity index (χ1v) is 8.71. The van der Waals surface area contributed by atoms with Gasteiger partial charge in [-0.25, -0.2) is 4.98 Å². The second-order valence-corrected chi connectivity index (χ2v) is 7.24. The lowest BCUT2D eigenvalue weighted by Crippen LogP contribution is -2.41. The first kappa shape index (κ1) is 14.2. The van der Waals surface area contributed by atoms with E-state index in [1.54, 1.807) is 11.0 Å². The Balaban J connectivity index is 1.59. The average Bonchev–Trinajstić information content (AvgIpc) is 3.27. The van der Waals surface area contributed by atoms with Crippen molar-refractivity contribution in [3.63, 3.8) is 0 Å². The van der Waals surface area contributed by atoms with Crippen molar-refractivity contribution in [2.45, 2.75) is 37.6 Å². The molecule has 2 aromatic heterocycles. The van der Waals surface area contributed by atoms with Gasteiger partial charge in [-0.2, -0.15) is 0 Å². The summed E-state index contributed by atoms with van der Waals surface area (Å²) in [6, 6.07) is 3.64. The summed E-state index contributed by atoms with van der Waals surface area (Å²) >= 11 is 6.09. The van der Waals surface area contributed by atoms with E-state index in [2.05, 4.69) is 15.6 Å². The third-order valence-electron chi connectivity index (χ3n) is 5.73. The minimum atomic E-state index is -0.0899. The molecule has 2 aromatic rings. The van der Waals surface area contributed by atoms with Crippen LogP contribution in [0.1, 0.15) is 63.2 Å². The van der Waals surface area contributed by atoms with Crippen molar-refractivity contribution < 1.29 is 9.59 Å². The van der Waals surface area contributed by atoms with Gasteiger partial charge in [-0.1, -0.05) is 11.6 Å². The van der Waals surface area contributed by atoms with Crippen LogP contribution in [0.25, 0.3) is 0 Å². The number of amides is 1. The van der Waals surface area contributed by atoms with Crippen LogP contribution in [0, 0.1) is 0 Å². The van der Waals surface area contributed by atoms with Crippen LogP contribution in [0.15, 0.2) is 18.3 Å². The number of rotatable bonds is 2. The Kier molecular flexibility index (Phi) is 2.92. The Morgan fingerprint density at radius 3 is 2.92 bits per heavy atom. The maximum Gasteiger partial charge on any atom is 0.276 e. The minimum Gasteiger partial charge on any atom is -0.338 e. The highest BCUT2D eigenvalue weighted by molar-refractivity contribution is 6.33. The molecule has 0 aromatic carbocycles. The molecule has 1 amide bonds. The van der Waals surface area contributed by atoms with Gasteiger partial charge in [0.1, 0.15) is 11.5 Å². The van der Waals surface area contributed by atoms with Crippen molar-refractivity contribution >= 4 is 29.6 Å². The van der Waals surface area contributed by atoms with Gasteiger partial charge < -0.3 is 4.57 Å². The highest BCUT2D eigenvalue weighted by Gasteiger charge is 2.43. The zero-order valence-electron chi connectivity index (χ0n) is 13.0. The maximum atomic E-state index is 13.0. The van der Waals surface area contributed by atoms with Gasteiger partial charge in [-0.05, 0) is 42.9 Å². The Morgan fingerprint density at radius 2 is 2.08 bits per heavy atom. The average molecular weight is 342 g/mol. The molecule has 2 aliphatic carbocycles. The van der Waals surface area contributed by atoms with Gasteiger partial charge in [0.25, 0.3) is 5.91 Å². The Hall–Kier alpha value is -2.14. The Labute approximate surface area is 144 Å². The molecule has 0 unspecified atom stereocenters. The fraction of sp³-hybridized carbons (Fsp3) is 0.389. The molecule has 3 heterocycles. The second-order valence-electron chi connectivity index (χ2n) is 6.83. The molecule has 0 spiro atoms. The van der Waals surface area contributed by atoms with Gasteiger partial charge in [0, 0.05) is 30.9 Å². The summed E-state index contributed by atoms with van der Waals surface area (Å²) in [7, 11) is 0. The van der Waals surface area contributed by atoms with Crippen LogP contribution in [0.4, 0.5) is 5.82 Å². The summed E-state index contributed by atoms with van der Waals surface area (Å²) in [5, 5.41) is 0.323. The highest BCUT2D eigenvalue weighted by Crippen LogP contribution is 2.54. The number of fused-ring (bicyclic) bond motifs is 7. The summed E-state index contributed by atoms with van der Waals surface area (Å²) in [4.78, 5) is 30.3. The molecule has 1 saturated carbocycles. The molecule has 1 aliphatic heterocycles. The first-order valence-electron chi connectivity index (χ1n) is 8.34. The summed E-state index contributed by atoms with van der Waals surface area (Å²) in [5.41, 5.74) is 3.75. The number of nitrogens with zero attached hydrogens (tertiary/aromatic N) is 3. The standard InChI is InChI=1S/C18H16ClN3O2/c19-14-3-4-20-17(13(14)9-23)22-6-5-21-15(18(22)24)8-12-10-1-2-11(7-10)16(12)21/h3-4,8-11H,1-2,5-7H2/t10-,11+/m0/s1. The van der Waals surface area contributed by atoms with Crippen LogP contribution < -0.4 is 4.90 Å². The lowest BCUT2D eigenvalue weighted by atomic mass is 9.98. The molecular weight excluding hydrogens is 326 g/mol. The van der Waals surface area contributed by atoms with Crippen molar-refractivity contribution in [2.75, 3.05) is 11.4 Å². The molecule has 5 rings (SSSR count). The highest BCUT2D eigenvalue weighted by atomic mass is 35.5. The van der Waals surface area contributed by atoms with Gasteiger partial charge in [0.15, 0.2) is 6.29 Å². The number of pyridine rings is 1. The molecule has 0 saturated heterocycles. The predicted molar refractivity (Wildman–Crippen MR) is 90.1 cm³/mol. The number of aromatic nitrogens is 2. The van der Waals surface area contributed by atoms with Gasteiger partial charge >= 0.3 is 0 Å². The van der Waals surface area contributed by atoms with Crippen molar-refractivity contribution in [2.24, 2.45) is 0 Å². The first-order chi connectivity index (χ1) is 11.7. The lowest BCUT2D eigenvalue weighted by molar-refractivity contribution is 0.0963. The lowest BCUT2D eigenvalue weighted by Gasteiger charge is -2.30. The normalized spacial score (nSPS) is 24.2. The van der Waals surface area contributed by atoms with Gasteiger partial charge in [-0.15, -0.1) is 0 Å². The topological polar surface area (TPSA) is 55.2 Å². The largest absolute Gasteiger partial charge is 0.338 e. The van der Waals surface area contributed by atoms with Gasteiger partial charge in [0.2, 0.25) is 0 Å². The van der Waals surface area contributed by atoms with E-state index in [1.165, 1.54) is 36.7 Å². The predicted octanol–water partition coefficient (Wildman–Crippen LogP) is 3.37. The second kappa shape index (κ2) is 4.93. The van der Waals surface area contributed by atoms with E-state index in [0.29, 0.717) is 35.5 Å². The van der Waals surface area contributed by atoms with Crippen LogP contribution in [0.3, 0.4) is 0 Å². The van der Waals surface area contributed by atoms with E-state index >= 15 is 0 Å². The molecule has 2 bridgehead atoms. The fourth-order valence-corrected chi connectivity index (χ4v) is 4.89. The maximum absolute atomic E-state index is 13.0. The third kappa shape index (κ3) is 1.73. The molecule has 3 aliphatic rings. The van der Waals surface area contributed by atoms with Crippen LogP contribution in [0.2, 0.25) is 5.02 Å². The van der Waals surface area contributed by atoms with E-state index in [9.17, 15) is 9.59 Å².